The molecular weight excluding hydrogens is 573 g/mol. The Labute approximate surface area is 248 Å². The molecule has 0 spiro atoms. The van der Waals surface area contributed by atoms with E-state index >= 15 is 0 Å². The van der Waals surface area contributed by atoms with Crippen LogP contribution in [0.15, 0.2) is 47.4 Å². The zero-order chi connectivity index (χ0) is 31.0. The number of nitro groups is 1. The van der Waals surface area contributed by atoms with E-state index in [4.69, 9.17) is 8.85 Å². The van der Waals surface area contributed by atoms with Crippen molar-refractivity contribution >= 4 is 32.3 Å². The second-order valence-electron chi connectivity index (χ2n) is 14.3. The molecule has 0 aliphatic heterocycles. The van der Waals surface area contributed by atoms with Crippen molar-refractivity contribution in [1.82, 2.24) is 4.72 Å². The molecule has 1 aliphatic carbocycles. The van der Waals surface area contributed by atoms with Crippen molar-refractivity contribution in [3.05, 3.63) is 58.1 Å². The minimum Gasteiger partial charge on any atom is -0.543 e. The number of benzene rings is 2. The quantitative estimate of drug-likeness (QED) is 0.171. The molecule has 2 aromatic carbocycles. The maximum Gasteiger partial charge on any atom is 0.269 e. The Balaban J connectivity index is 1.81. The Kier molecular flexibility index (Phi) is 9.59. The van der Waals surface area contributed by atoms with Crippen LogP contribution in [0.5, 0.6) is 11.5 Å². The van der Waals surface area contributed by atoms with Crippen molar-refractivity contribution in [2.45, 2.75) is 120 Å². The smallest absolute Gasteiger partial charge is 0.269 e. The summed E-state index contributed by atoms with van der Waals surface area (Å²) in [6, 6.07) is 11.1. The van der Waals surface area contributed by atoms with Crippen molar-refractivity contribution in [2.24, 2.45) is 0 Å². The Morgan fingerprint density at radius 3 is 1.83 bits per heavy atom. The topological polar surface area (TPSA) is 108 Å². The van der Waals surface area contributed by atoms with E-state index in [1.165, 1.54) is 24.3 Å². The molecule has 0 heterocycles. The minimum absolute atomic E-state index is 0.0348. The zero-order valence-electron chi connectivity index (χ0n) is 26.3. The van der Waals surface area contributed by atoms with Gasteiger partial charge in [0.2, 0.25) is 26.7 Å². The Bertz CT molecular complexity index is 1340. The van der Waals surface area contributed by atoms with Crippen LogP contribution in [0.25, 0.3) is 0 Å². The van der Waals surface area contributed by atoms with Gasteiger partial charge in [0.15, 0.2) is 0 Å². The van der Waals surface area contributed by atoms with Crippen LogP contribution < -0.4 is 13.6 Å². The van der Waals surface area contributed by atoms with E-state index in [1.807, 2.05) is 0 Å². The van der Waals surface area contributed by atoms with Crippen molar-refractivity contribution in [2.75, 3.05) is 0 Å². The molecule has 0 radical (unpaired) electrons. The molecule has 0 bridgehead atoms. The van der Waals surface area contributed by atoms with E-state index in [9.17, 15) is 18.5 Å². The lowest BCUT2D eigenvalue weighted by atomic mass is 9.81. The largest absolute Gasteiger partial charge is 0.543 e. The molecule has 0 unspecified atom stereocenters. The highest BCUT2D eigenvalue weighted by atomic mass is 32.2. The fourth-order valence-corrected chi connectivity index (χ4v) is 7.80. The van der Waals surface area contributed by atoms with Gasteiger partial charge in [-0.3, -0.25) is 10.1 Å². The van der Waals surface area contributed by atoms with Crippen LogP contribution in [0.1, 0.15) is 78.7 Å². The molecule has 0 atom stereocenters. The van der Waals surface area contributed by atoms with Gasteiger partial charge >= 0.3 is 0 Å². The number of nitro benzene ring substituents is 1. The maximum atomic E-state index is 13.0. The maximum absolute atomic E-state index is 13.0. The normalized spacial score (nSPS) is 19.1. The van der Waals surface area contributed by atoms with Crippen LogP contribution in [-0.4, -0.2) is 36.0 Å². The first kappa shape index (κ1) is 33.3. The average molecular weight is 621 g/mol. The van der Waals surface area contributed by atoms with Gasteiger partial charge in [-0.15, -0.1) is 0 Å². The number of sulfonamides is 1. The summed E-state index contributed by atoms with van der Waals surface area (Å²) in [5.41, 5.74) is 1.02. The molecule has 0 amide bonds. The molecule has 1 fully saturated rings. The van der Waals surface area contributed by atoms with Crippen molar-refractivity contribution < 1.29 is 22.2 Å². The molecular formula is C30H48N2O6SSi2. The highest BCUT2D eigenvalue weighted by molar-refractivity contribution is 7.89. The lowest BCUT2D eigenvalue weighted by Crippen LogP contribution is -2.44. The molecule has 41 heavy (non-hydrogen) atoms. The first-order chi connectivity index (χ1) is 18.6. The molecule has 3 rings (SSSR count). The number of rotatable bonds is 9. The standard InChI is InChI=1S/C30H48N2O6SSi2/c1-29(2,3)40(7,8)37-25-17-20-27(28(21-25)38-41(9,10)30(4,5)6)22-11-13-23(14-12-22)31-39(35,36)26-18-15-24(16-19-26)32(33)34/h15-23,31H,11-14H2,1-10H3/t22-,23+. The highest BCUT2D eigenvalue weighted by Crippen LogP contribution is 2.45. The summed E-state index contributed by atoms with van der Waals surface area (Å²) in [6.07, 6.45) is 3.03. The molecule has 0 saturated heterocycles. The molecule has 2 aromatic rings. The molecule has 0 aromatic heterocycles. The van der Waals surface area contributed by atoms with Gasteiger partial charge in [0, 0.05) is 24.2 Å². The molecule has 11 heteroatoms. The number of hydrogen-bond acceptors (Lipinski definition) is 6. The SMILES string of the molecule is CC(C)(C)[Si](C)(C)Oc1ccc([C@H]2CC[C@@H](NS(=O)(=O)c3ccc([N+](=O)[O-])cc3)CC2)c(O[Si](C)(C)C(C)(C)C)c1. The van der Waals surface area contributed by atoms with E-state index in [-0.39, 0.29) is 32.6 Å². The lowest BCUT2D eigenvalue weighted by Gasteiger charge is -2.39. The van der Waals surface area contributed by atoms with E-state index in [1.54, 1.807) is 0 Å². The number of nitrogens with zero attached hydrogens (tertiary/aromatic N) is 1. The van der Waals surface area contributed by atoms with E-state index in [0.29, 0.717) is 12.8 Å². The summed E-state index contributed by atoms with van der Waals surface area (Å²) in [5, 5.41) is 11.0. The number of nitrogens with one attached hydrogen (secondary N) is 1. The average Bonchev–Trinajstić information content (AvgIpc) is 2.83. The predicted octanol–water partition coefficient (Wildman–Crippen LogP) is 8.37. The van der Waals surface area contributed by atoms with Crippen LogP contribution >= 0.6 is 0 Å². The fraction of sp³-hybridized carbons (Fsp3) is 0.600. The molecule has 1 N–H and O–H groups in total. The van der Waals surface area contributed by atoms with Crippen LogP contribution in [-0.2, 0) is 10.0 Å². The third-order valence-corrected chi connectivity index (χ3v) is 19.4. The van der Waals surface area contributed by atoms with Gasteiger partial charge in [0.05, 0.1) is 9.82 Å². The first-order valence-electron chi connectivity index (χ1n) is 14.4. The number of non-ortho nitro benzene ring substituents is 1. The molecule has 1 aliphatic rings. The van der Waals surface area contributed by atoms with Crippen molar-refractivity contribution in [3.8, 4) is 11.5 Å². The van der Waals surface area contributed by atoms with Gasteiger partial charge in [-0.05, 0) is 91.6 Å². The predicted molar refractivity (Wildman–Crippen MR) is 171 cm³/mol. The molecule has 228 valence electrons. The monoisotopic (exact) mass is 620 g/mol. The van der Waals surface area contributed by atoms with E-state index in [2.05, 4.69) is 90.7 Å². The third kappa shape index (κ3) is 8.00. The Hall–Kier alpha value is -2.22. The van der Waals surface area contributed by atoms with Gasteiger partial charge in [0.1, 0.15) is 11.5 Å². The van der Waals surface area contributed by atoms with Gasteiger partial charge in [-0.2, -0.15) is 0 Å². The van der Waals surface area contributed by atoms with Gasteiger partial charge in [0.25, 0.3) is 5.69 Å². The van der Waals surface area contributed by atoms with Crippen molar-refractivity contribution in [3.63, 3.8) is 0 Å². The highest BCUT2D eigenvalue weighted by Gasteiger charge is 2.41. The van der Waals surface area contributed by atoms with Gasteiger partial charge < -0.3 is 8.85 Å². The van der Waals surface area contributed by atoms with Gasteiger partial charge in [-0.1, -0.05) is 47.6 Å². The van der Waals surface area contributed by atoms with Crippen molar-refractivity contribution in [1.29, 1.82) is 0 Å². The molecule has 8 nitrogen and oxygen atoms in total. The van der Waals surface area contributed by atoms with Crippen LogP contribution in [0, 0.1) is 10.1 Å². The minimum atomic E-state index is -3.77. The summed E-state index contributed by atoms with van der Waals surface area (Å²) >= 11 is 0. The van der Waals surface area contributed by atoms with E-state index < -0.39 is 31.6 Å². The van der Waals surface area contributed by atoms with Crippen LogP contribution in [0.3, 0.4) is 0 Å². The number of hydrogen-bond donors (Lipinski definition) is 1. The second-order valence-corrected chi connectivity index (χ2v) is 25.5. The Morgan fingerprint density at radius 2 is 1.34 bits per heavy atom. The Morgan fingerprint density at radius 1 is 0.829 bits per heavy atom. The molecule has 1 saturated carbocycles. The third-order valence-electron chi connectivity index (χ3n) is 9.18. The summed E-state index contributed by atoms with van der Waals surface area (Å²) in [5.74, 6) is 1.98. The summed E-state index contributed by atoms with van der Waals surface area (Å²) in [7, 11) is -7.94. The zero-order valence-corrected chi connectivity index (χ0v) is 29.1. The van der Waals surface area contributed by atoms with Crippen LogP contribution in [0.4, 0.5) is 5.69 Å². The first-order valence-corrected chi connectivity index (χ1v) is 21.7. The van der Waals surface area contributed by atoms with Gasteiger partial charge in [-0.25, -0.2) is 13.1 Å². The summed E-state index contributed by atoms with van der Waals surface area (Å²) < 4.78 is 42.3. The summed E-state index contributed by atoms with van der Waals surface area (Å²) in [6.45, 7) is 22.4. The van der Waals surface area contributed by atoms with E-state index in [0.717, 1.165) is 29.9 Å². The second kappa shape index (κ2) is 11.8. The van der Waals surface area contributed by atoms with Crippen LogP contribution in [0.2, 0.25) is 36.3 Å². The summed E-state index contributed by atoms with van der Waals surface area (Å²) in [4.78, 5) is 10.4. The fourth-order valence-electron chi connectivity index (χ4n) is 4.44. The lowest BCUT2D eigenvalue weighted by molar-refractivity contribution is -0.384.